The van der Waals surface area contributed by atoms with Gasteiger partial charge in [-0.25, -0.2) is 0 Å². The molecule has 0 aliphatic rings. The zero-order valence-corrected chi connectivity index (χ0v) is 6.66. The molecule has 1 radical (unpaired) electrons. The van der Waals surface area contributed by atoms with E-state index in [0.29, 0.717) is 0 Å². The zero-order chi connectivity index (χ0) is 8.81. The van der Waals surface area contributed by atoms with Gasteiger partial charge in [-0.1, -0.05) is 42.5 Å². The summed E-state index contributed by atoms with van der Waals surface area (Å²) in [6.45, 7) is 0. The van der Waals surface area contributed by atoms with E-state index in [9.17, 15) is 4.79 Å². The van der Waals surface area contributed by atoms with Crippen molar-refractivity contribution in [3.05, 3.63) is 42.0 Å². The van der Waals surface area contributed by atoms with Crippen LogP contribution >= 0.6 is 0 Å². The molecule has 2 nitrogen and oxygen atoms in total. The van der Waals surface area contributed by atoms with Gasteiger partial charge in [0, 0.05) is 6.42 Å². The number of carbonyl (C=O) groups is 1. The van der Waals surface area contributed by atoms with Crippen molar-refractivity contribution in [1.82, 2.24) is 5.73 Å². The first-order chi connectivity index (χ1) is 5.79. The van der Waals surface area contributed by atoms with Gasteiger partial charge in [0.25, 0.3) is 0 Å². The Bertz CT molecular complexity index is 277. The lowest BCUT2D eigenvalue weighted by Crippen LogP contribution is -1.92. The van der Waals surface area contributed by atoms with Crippen LogP contribution in [0.5, 0.6) is 0 Å². The third-order valence-corrected chi connectivity index (χ3v) is 1.41. The van der Waals surface area contributed by atoms with Gasteiger partial charge in [0.05, 0.1) is 0 Å². The van der Waals surface area contributed by atoms with Gasteiger partial charge < -0.3 is 0 Å². The Hall–Kier alpha value is -1.57. The van der Waals surface area contributed by atoms with E-state index in [1.54, 1.807) is 6.08 Å². The second kappa shape index (κ2) is 4.34. The average molecular weight is 160 g/mol. The maximum absolute atomic E-state index is 10.2. The highest BCUT2D eigenvalue weighted by molar-refractivity contribution is 5.75. The first kappa shape index (κ1) is 8.53. The minimum absolute atomic E-state index is 0.189. The lowest BCUT2D eigenvalue weighted by atomic mass is 10.2. The topological polar surface area (TPSA) is 40.9 Å². The summed E-state index contributed by atoms with van der Waals surface area (Å²) in [5.74, 6) is -0.554. The molecule has 1 aromatic carbocycles. The Morgan fingerprint density at radius 1 is 1.33 bits per heavy atom. The van der Waals surface area contributed by atoms with Crippen LogP contribution in [0.25, 0.3) is 6.08 Å². The van der Waals surface area contributed by atoms with E-state index in [1.165, 1.54) is 0 Å². The van der Waals surface area contributed by atoms with Crippen LogP contribution in [0.4, 0.5) is 0 Å². The van der Waals surface area contributed by atoms with Gasteiger partial charge in [-0.15, -0.1) is 0 Å². The Kier molecular flexibility index (Phi) is 3.08. The molecule has 0 saturated heterocycles. The molecule has 1 N–H and O–H groups in total. The Morgan fingerprint density at radius 2 is 2.00 bits per heavy atom. The van der Waals surface area contributed by atoms with Crippen molar-refractivity contribution in [2.75, 3.05) is 0 Å². The van der Waals surface area contributed by atoms with Gasteiger partial charge in [0.1, 0.15) is 0 Å². The SMILES string of the molecule is [NH]C(=O)C/C=C/c1ccccc1. The molecule has 12 heavy (non-hydrogen) atoms. The van der Waals surface area contributed by atoms with E-state index in [4.69, 9.17) is 5.73 Å². The highest BCUT2D eigenvalue weighted by atomic mass is 16.1. The molecule has 61 valence electrons. The molecule has 0 aliphatic heterocycles. The molecule has 0 spiro atoms. The number of rotatable bonds is 3. The number of hydrogen-bond donors (Lipinski definition) is 0. The maximum Gasteiger partial charge on any atom is 0.242 e. The molecule has 0 atom stereocenters. The van der Waals surface area contributed by atoms with Crippen molar-refractivity contribution in [3.63, 3.8) is 0 Å². The van der Waals surface area contributed by atoms with Crippen LogP contribution in [-0.2, 0) is 4.79 Å². The predicted octanol–water partition coefficient (Wildman–Crippen LogP) is 1.90. The second-order valence-corrected chi connectivity index (χ2v) is 2.44. The molecule has 0 saturated carbocycles. The van der Waals surface area contributed by atoms with Crippen LogP contribution in [0.1, 0.15) is 12.0 Å². The number of carbonyl (C=O) groups excluding carboxylic acids is 1. The molecular formula is C10H10NO. The van der Waals surface area contributed by atoms with E-state index in [1.807, 2.05) is 36.4 Å². The van der Waals surface area contributed by atoms with Crippen molar-refractivity contribution in [2.24, 2.45) is 0 Å². The zero-order valence-electron chi connectivity index (χ0n) is 6.66. The van der Waals surface area contributed by atoms with Crippen LogP contribution in [0.3, 0.4) is 0 Å². The minimum Gasteiger partial charge on any atom is -0.273 e. The van der Waals surface area contributed by atoms with Gasteiger partial charge >= 0.3 is 0 Å². The summed E-state index contributed by atoms with van der Waals surface area (Å²) in [5, 5.41) is 0. The molecule has 1 amide bonds. The molecule has 0 heterocycles. The third-order valence-electron chi connectivity index (χ3n) is 1.41. The quantitative estimate of drug-likeness (QED) is 0.665. The number of nitrogens with one attached hydrogen (secondary N) is 1. The van der Waals surface area contributed by atoms with Crippen molar-refractivity contribution in [2.45, 2.75) is 6.42 Å². The Morgan fingerprint density at radius 3 is 2.58 bits per heavy atom. The second-order valence-electron chi connectivity index (χ2n) is 2.44. The largest absolute Gasteiger partial charge is 0.273 e. The van der Waals surface area contributed by atoms with Crippen molar-refractivity contribution >= 4 is 12.0 Å². The smallest absolute Gasteiger partial charge is 0.242 e. The van der Waals surface area contributed by atoms with Crippen LogP contribution in [0.2, 0.25) is 0 Å². The average Bonchev–Trinajstić information content (AvgIpc) is 2.05. The van der Waals surface area contributed by atoms with Gasteiger partial charge in [-0.05, 0) is 5.56 Å². The number of benzene rings is 1. The molecule has 0 bridgehead atoms. The van der Waals surface area contributed by atoms with Gasteiger partial charge in [-0.3, -0.25) is 10.5 Å². The monoisotopic (exact) mass is 160 g/mol. The lowest BCUT2D eigenvalue weighted by Gasteiger charge is -1.89. The summed E-state index contributed by atoms with van der Waals surface area (Å²) in [5.41, 5.74) is 7.71. The van der Waals surface area contributed by atoms with Gasteiger partial charge in [-0.2, -0.15) is 0 Å². The summed E-state index contributed by atoms with van der Waals surface area (Å²) in [6.07, 6.45) is 3.73. The van der Waals surface area contributed by atoms with Crippen molar-refractivity contribution in [1.29, 1.82) is 0 Å². The highest BCUT2D eigenvalue weighted by Gasteiger charge is 1.87. The fraction of sp³-hybridized carbons (Fsp3) is 0.100. The number of amides is 1. The molecular weight excluding hydrogens is 150 g/mol. The van der Waals surface area contributed by atoms with Gasteiger partial charge in [0.2, 0.25) is 5.91 Å². The highest BCUT2D eigenvalue weighted by Crippen LogP contribution is 2.01. The van der Waals surface area contributed by atoms with Crippen LogP contribution in [0, 0.1) is 0 Å². The van der Waals surface area contributed by atoms with Crippen LogP contribution in [0.15, 0.2) is 36.4 Å². The van der Waals surface area contributed by atoms with Crippen LogP contribution in [-0.4, -0.2) is 5.91 Å². The van der Waals surface area contributed by atoms with E-state index in [-0.39, 0.29) is 6.42 Å². The molecule has 2 heteroatoms. The first-order valence-electron chi connectivity index (χ1n) is 3.75. The summed E-state index contributed by atoms with van der Waals surface area (Å²) >= 11 is 0. The Labute approximate surface area is 71.7 Å². The molecule has 0 aromatic heterocycles. The molecule has 0 fully saturated rings. The normalized spacial score (nSPS) is 10.3. The lowest BCUT2D eigenvalue weighted by molar-refractivity contribution is -0.117. The summed E-state index contributed by atoms with van der Waals surface area (Å²) in [4.78, 5) is 10.2. The summed E-state index contributed by atoms with van der Waals surface area (Å²) in [7, 11) is 0. The van der Waals surface area contributed by atoms with Crippen LogP contribution < -0.4 is 5.73 Å². The van der Waals surface area contributed by atoms with E-state index in [2.05, 4.69) is 0 Å². The third kappa shape index (κ3) is 3.01. The molecule has 0 aliphatic carbocycles. The van der Waals surface area contributed by atoms with Gasteiger partial charge in [0.15, 0.2) is 0 Å². The molecule has 1 rings (SSSR count). The fourth-order valence-corrected chi connectivity index (χ4v) is 0.866. The number of hydrogen-bond acceptors (Lipinski definition) is 1. The minimum atomic E-state index is -0.554. The predicted molar refractivity (Wildman–Crippen MR) is 48.2 cm³/mol. The standard InChI is InChI=1S/C10H10NO/c11-10(12)8-4-7-9-5-2-1-3-6-9/h1-7,11H,8H2/b7-4+. The van der Waals surface area contributed by atoms with E-state index >= 15 is 0 Å². The van der Waals surface area contributed by atoms with E-state index < -0.39 is 5.91 Å². The van der Waals surface area contributed by atoms with E-state index in [0.717, 1.165) is 5.56 Å². The fourth-order valence-electron chi connectivity index (χ4n) is 0.866. The molecule has 0 unspecified atom stereocenters. The maximum atomic E-state index is 10.2. The Balaban J connectivity index is 2.52. The summed E-state index contributed by atoms with van der Waals surface area (Å²) < 4.78 is 0. The summed E-state index contributed by atoms with van der Waals surface area (Å²) in [6, 6.07) is 9.70. The van der Waals surface area contributed by atoms with Crippen molar-refractivity contribution in [3.8, 4) is 0 Å². The first-order valence-corrected chi connectivity index (χ1v) is 3.75. The van der Waals surface area contributed by atoms with Crippen molar-refractivity contribution < 1.29 is 4.79 Å². The molecule has 1 aromatic rings.